The molecule has 1 saturated heterocycles. The SMILES string of the molecule is N#Cc1ccccc1N1C(=O)[C@@H]2[C@@H](C1=O)[C@@H]1C=C[C@@H]2C1. The predicted molar refractivity (Wildman–Crippen MR) is 71.4 cm³/mol. The van der Waals surface area contributed by atoms with E-state index < -0.39 is 0 Å². The maximum absolute atomic E-state index is 12.6. The Morgan fingerprint density at radius 3 is 2.25 bits per heavy atom. The Morgan fingerprint density at radius 1 is 1.05 bits per heavy atom. The van der Waals surface area contributed by atoms with Crippen LogP contribution in [0, 0.1) is 35.0 Å². The van der Waals surface area contributed by atoms with Gasteiger partial charge in [0.25, 0.3) is 0 Å². The second-order valence-electron chi connectivity index (χ2n) is 5.64. The number of benzene rings is 1. The lowest BCUT2D eigenvalue weighted by Crippen LogP contribution is -2.33. The molecule has 0 unspecified atom stereocenters. The Hall–Kier alpha value is -2.41. The molecule has 20 heavy (non-hydrogen) atoms. The van der Waals surface area contributed by atoms with E-state index in [4.69, 9.17) is 5.26 Å². The van der Waals surface area contributed by atoms with Crippen LogP contribution in [0.4, 0.5) is 5.69 Å². The van der Waals surface area contributed by atoms with E-state index in [1.807, 2.05) is 0 Å². The summed E-state index contributed by atoms with van der Waals surface area (Å²) >= 11 is 0. The Kier molecular flexibility index (Phi) is 2.17. The van der Waals surface area contributed by atoms with Crippen LogP contribution in [0.15, 0.2) is 36.4 Å². The number of carbonyl (C=O) groups excluding carboxylic acids is 2. The van der Waals surface area contributed by atoms with Gasteiger partial charge in [0, 0.05) is 0 Å². The first-order valence-corrected chi connectivity index (χ1v) is 6.77. The molecular formula is C16H12N2O2. The number of hydrogen-bond donors (Lipinski definition) is 0. The highest BCUT2D eigenvalue weighted by molar-refractivity contribution is 6.23. The number of allylic oxidation sites excluding steroid dienone is 2. The van der Waals surface area contributed by atoms with Gasteiger partial charge in [-0.3, -0.25) is 9.59 Å². The number of nitrogens with zero attached hydrogens (tertiary/aromatic N) is 2. The van der Waals surface area contributed by atoms with E-state index in [9.17, 15) is 9.59 Å². The second kappa shape index (κ2) is 3.80. The zero-order valence-electron chi connectivity index (χ0n) is 10.7. The van der Waals surface area contributed by atoms with Gasteiger partial charge in [-0.25, -0.2) is 4.90 Å². The number of fused-ring (bicyclic) bond motifs is 5. The van der Waals surface area contributed by atoms with Crippen molar-refractivity contribution in [2.24, 2.45) is 23.7 Å². The average molecular weight is 264 g/mol. The van der Waals surface area contributed by atoms with Crippen molar-refractivity contribution in [1.29, 1.82) is 5.26 Å². The fourth-order valence-electron chi connectivity index (χ4n) is 3.90. The van der Waals surface area contributed by atoms with Crippen LogP contribution < -0.4 is 4.90 Å². The molecule has 4 atom stereocenters. The monoisotopic (exact) mass is 264 g/mol. The molecule has 0 spiro atoms. The number of hydrogen-bond acceptors (Lipinski definition) is 3. The first-order valence-electron chi connectivity index (χ1n) is 6.77. The van der Waals surface area contributed by atoms with E-state index in [0.29, 0.717) is 11.3 Å². The molecule has 1 aliphatic heterocycles. The summed E-state index contributed by atoms with van der Waals surface area (Å²) < 4.78 is 0. The molecule has 4 heteroatoms. The van der Waals surface area contributed by atoms with Crippen LogP contribution >= 0.6 is 0 Å². The lowest BCUT2D eigenvalue weighted by atomic mass is 9.85. The fraction of sp³-hybridized carbons (Fsp3) is 0.312. The van der Waals surface area contributed by atoms with Crippen LogP contribution in [-0.4, -0.2) is 11.8 Å². The first-order chi connectivity index (χ1) is 9.72. The highest BCUT2D eigenvalue weighted by Gasteiger charge is 2.59. The Morgan fingerprint density at radius 2 is 1.65 bits per heavy atom. The maximum atomic E-state index is 12.6. The van der Waals surface area contributed by atoms with Gasteiger partial charge >= 0.3 is 0 Å². The number of carbonyl (C=O) groups is 2. The van der Waals surface area contributed by atoms with E-state index >= 15 is 0 Å². The summed E-state index contributed by atoms with van der Waals surface area (Å²) in [6.45, 7) is 0. The number of imide groups is 1. The Labute approximate surface area is 116 Å². The summed E-state index contributed by atoms with van der Waals surface area (Å²) in [6.07, 6.45) is 5.05. The van der Waals surface area contributed by atoms with E-state index in [2.05, 4.69) is 18.2 Å². The number of anilines is 1. The van der Waals surface area contributed by atoms with Gasteiger partial charge in [0.2, 0.25) is 11.8 Å². The third kappa shape index (κ3) is 1.25. The largest absolute Gasteiger partial charge is 0.274 e. The smallest absolute Gasteiger partial charge is 0.238 e. The molecule has 2 aliphatic carbocycles. The van der Waals surface area contributed by atoms with Gasteiger partial charge in [0.05, 0.1) is 23.1 Å². The van der Waals surface area contributed by atoms with Gasteiger partial charge in [0.1, 0.15) is 6.07 Å². The fourth-order valence-corrected chi connectivity index (χ4v) is 3.90. The summed E-state index contributed by atoms with van der Waals surface area (Å²) in [7, 11) is 0. The number of rotatable bonds is 1. The number of amides is 2. The van der Waals surface area contributed by atoms with Gasteiger partial charge in [0.15, 0.2) is 0 Å². The van der Waals surface area contributed by atoms with E-state index in [0.717, 1.165) is 6.42 Å². The highest BCUT2D eigenvalue weighted by Crippen LogP contribution is 2.53. The van der Waals surface area contributed by atoms with Crippen LogP contribution in [0.1, 0.15) is 12.0 Å². The molecule has 4 rings (SSSR count). The number of nitriles is 1. The summed E-state index contributed by atoms with van der Waals surface area (Å²) in [5.41, 5.74) is 0.799. The first kappa shape index (κ1) is 11.4. The van der Waals surface area contributed by atoms with Crippen molar-refractivity contribution in [2.75, 3.05) is 4.90 Å². The molecule has 1 aromatic rings. The van der Waals surface area contributed by atoms with E-state index in [1.165, 1.54) is 4.90 Å². The molecule has 2 fully saturated rings. The quantitative estimate of drug-likeness (QED) is 0.574. The third-order valence-electron chi connectivity index (χ3n) is 4.74. The molecular weight excluding hydrogens is 252 g/mol. The van der Waals surface area contributed by atoms with Crippen LogP contribution in [0.3, 0.4) is 0 Å². The minimum absolute atomic E-state index is 0.139. The Balaban J connectivity index is 1.81. The van der Waals surface area contributed by atoms with Gasteiger partial charge < -0.3 is 0 Å². The summed E-state index contributed by atoms with van der Waals surface area (Å²) in [5.74, 6) is -0.325. The van der Waals surface area contributed by atoms with Crippen LogP contribution in [0.25, 0.3) is 0 Å². The lowest BCUT2D eigenvalue weighted by Gasteiger charge is -2.18. The van der Waals surface area contributed by atoms with Crippen molar-refractivity contribution >= 4 is 17.5 Å². The molecule has 1 aromatic carbocycles. The lowest BCUT2D eigenvalue weighted by molar-refractivity contribution is -0.123. The third-order valence-corrected chi connectivity index (χ3v) is 4.74. The van der Waals surface area contributed by atoms with Crippen LogP contribution in [0.2, 0.25) is 0 Å². The molecule has 2 amide bonds. The van der Waals surface area contributed by atoms with Crippen molar-refractivity contribution in [2.45, 2.75) is 6.42 Å². The molecule has 2 bridgehead atoms. The molecule has 1 heterocycles. The molecule has 0 aromatic heterocycles. The van der Waals surface area contributed by atoms with Gasteiger partial charge in [-0.05, 0) is 30.4 Å². The van der Waals surface area contributed by atoms with Crippen LogP contribution in [0.5, 0.6) is 0 Å². The molecule has 98 valence electrons. The average Bonchev–Trinajstić information content (AvgIpc) is 3.13. The van der Waals surface area contributed by atoms with Gasteiger partial charge in [-0.2, -0.15) is 5.26 Å². The zero-order valence-corrected chi connectivity index (χ0v) is 10.7. The zero-order chi connectivity index (χ0) is 13.9. The molecule has 4 nitrogen and oxygen atoms in total. The van der Waals surface area contributed by atoms with Gasteiger partial charge in [-0.15, -0.1) is 0 Å². The molecule has 0 N–H and O–H groups in total. The minimum atomic E-state index is -0.218. The summed E-state index contributed by atoms with van der Waals surface area (Å²) in [4.78, 5) is 26.5. The van der Waals surface area contributed by atoms with Crippen molar-refractivity contribution in [3.05, 3.63) is 42.0 Å². The van der Waals surface area contributed by atoms with Crippen molar-refractivity contribution in [3.8, 4) is 6.07 Å². The maximum Gasteiger partial charge on any atom is 0.238 e. The minimum Gasteiger partial charge on any atom is -0.274 e. The van der Waals surface area contributed by atoms with Gasteiger partial charge in [-0.1, -0.05) is 24.3 Å². The highest BCUT2D eigenvalue weighted by atomic mass is 16.2. The van der Waals surface area contributed by atoms with Crippen molar-refractivity contribution in [3.63, 3.8) is 0 Å². The van der Waals surface area contributed by atoms with Crippen molar-refractivity contribution in [1.82, 2.24) is 0 Å². The van der Waals surface area contributed by atoms with Crippen LogP contribution in [-0.2, 0) is 9.59 Å². The van der Waals surface area contributed by atoms with Crippen molar-refractivity contribution < 1.29 is 9.59 Å². The predicted octanol–water partition coefficient (Wildman–Crippen LogP) is 1.87. The second-order valence-corrected chi connectivity index (χ2v) is 5.64. The van der Waals surface area contributed by atoms with E-state index in [-0.39, 0.29) is 35.5 Å². The topological polar surface area (TPSA) is 61.2 Å². The van der Waals surface area contributed by atoms with E-state index in [1.54, 1.807) is 24.3 Å². The summed E-state index contributed by atoms with van der Waals surface area (Å²) in [5, 5.41) is 9.16. The number of para-hydroxylation sites is 1. The summed E-state index contributed by atoms with van der Waals surface area (Å²) in [6, 6.07) is 8.85. The standard InChI is InChI=1S/C16H12N2O2/c17-8-11-3-1-2-4-12(11)18-15(19)13-9-5-6-10(7-9)14(13)16(18)20/h1-6,9-10,13-14H,7H2/t9-,10-,13+,14+/m1/s1. The Bertz CT molecular complexity index is 671. The molecule has 3 aliphatic rings. The molecule has 0 radical (unpaired) electrons. The normalized spacial score (nSPS) is 33.6. The molecule has 1 saturated carbocycles.